The summed E-state index contributed by atoms with van der Waals surface area (Å²) in [5, 5.41) is 2.82. The van der Waals surface area contributed by atoms with E-state index >= 15 is 0 Å². The summed E-state index contributed by atoms with van der Waals surface area (Å²) >= 11 is 0. The van der Waals surface area contributed by atoms with Crippen LogP contribution in [-0.4, -0.2) is 17.5 Å². The third kappa shape index (κ3) is 5.84. The van der Waals surface area contributed by atoms with Gasteiger partial charge in [0.2, 0.25) is 0 Å². The average Bonchev–Trinajstić information content (AvgIpc) is 2.73. The minimum absolute atomic E-state index is 0.0404. The maximum Gasteiger partial charge on any atom is 0.262 e. The number of ether oxygens (including phenoxy) is 2. The highest BCUT2D eigenvalue weighted by Crippen LogP contribution is 2.19. The van der Waals surface area contributed by atoms with Crippen molar-refractivity contribution in [2.75, 3.05) is 11.9 Å². The van der Waals surface area contributed by atoms with Crippen LogP contribution in [-0.2, 0) is 11.4 Å². The van der Waals surface area contributed by atoms with Gasteiger partial charge in [0.25, 0.3) is 5.91 Å². The lowest BCUT2D eigenvalue weighted by atomic mass is 10.0. The number of nitrogens with zero attached hydrogens (tertiary/aromatic N) is 1. The predicted octanol–water partition coefficient (Wildman–Crippen LogP) is 4.80. The molecule has 2 aromatic carbocycles. The van der Waals surface area contributed by atoms with E-state index in [0.717, 1.165) is 11.3 Å². The van der Waals surface area contributed by atoms with Crippen LogP contribution in [0.3, 0.4) is 0 Å². The van der Waals surface area contributed by atoms with Crippen molar-refractivity contribution >= 4 is 11.6 Å². The Bertz CT molecular complexity index is 876. The highest BCUT2D eigenvalue weighted by atomic mass is 16.5. The monoisotopic (exact) mass is 376 g/mol. The van der Waals surface area contributed by atoms with Gasteiger partial charge in [0.1, 0.15) is 18.1 Å². The molecule has 0 aliphatic heterocycles. The van der Waals surface area contributed by atoms with Crippen LogP contribution in [0.5, 0.6) is 11.5 Å². The first-order valence-electron chi connectivity index (χ1n) is 9.24. The Hall–Kier alpha value is -3.34. The Morgan fingerprint density at radius 1 is 0.893 bits per heavy atom. The third-order valence-corrected chi connectivity index (χ3v) is 4.21. The molecule has 0 aliphatic rings. The van der Waals surface area contributed by atoms with Crippen molar-refractivity contribution < 1.29 is 14.3 Å². The summed E-state index contributed by atoms with van der Waals surface area (Å²) in [6, 6.07) is 18.9. The van der Waals surface area contributed by atoms with Gasteiger partial charge in [0.05, 0.1) is 0 Å². The molecule has 0 atom stereocenters. The zero-order valence-corrected chi connectivity index (χ0v) is 16.1. The predicted molar refractivity (Wildman–Crippen MR) is 110 cm³/mol. The molecule has 0 saturated carbocycles. The van der Waals surface area contributed by atoms with E-state index in [9.17, 15) is 4.79 Å². The highest BCUT2D eigenvalue weighted by molar-refractivity contribution is 5.91. The standard InChI is InChI=1S/C23H24N2O3/c1-17(2)19-3-7-21(8-4-19)28-16-23(26)25-20-5-9-22(10-6-20)27-15-18-11-13-24-14-12-18/h3-14,17H,15-16H2,1-2H3,(H,25,26). The Morgan fingerprint density at radius 2 is 1.50 bits per heavy atom. The van der Waals surface area contributed by atoms with Gasteiger partial charge in [-0.1, -0.05) is 26.0 Å². The highest BCUT2D eigenvalue weighted by Gasteiger charge is 2.05. The topological polar surface area (TPSA) is 60.5 Å². The van der Waals surface area contributed by atoms with Gasteiger partial charge in [0, 0.05) is 18.1 Å². The van der Waals surface area contributed by atoms with Gasteiger partial charge >= 0.3 is 0 Å². The lowest BCUT2D eigenvalue weighted by Crippen LogP contribution is -2.20. The van der Waals surface area contributed by atoms with Crippen molar-refractivity contribution in [3.05, 3.63) is 84.2 Å². The molecule has 0 fully saturated rings. The number of pyridine rings is 1. The number of hydrogen-bond donors (Lipinski definition) is 1. The summed E-state index contributed by atoms with van der Waals surface area (Å²) in [6.07, 6.45) is 3.47. The number of hydrogen-bond acceptors (Lipinski definition) is 4. The summed E-state index contributed by atoms with van der Waals surface area (Å²) < 4.78 is 11.3. The van der Waals surface area contributed by atoms with Gasteiger partial charge < -0.3 is 14.8 Å². The maximum absolute atomic E-state index is 12.1. The molecule has 0 radical (unpaired) electrons. The molecule has 0 saturated heterocycles. The number of carbonyl (C=O) groups excluding carboxylic acids is 1. The van der Waals surface area contributed by atoms with E-state index < -0.39 is 0 Å². The van der Waals surface area contributed by atoms with E-state index in [0.29, 0.717) is 24.0 Å². The van der Waals surface area contributed by atoms with Crippen molar-refractivity contribution in [1.82, 2.24) is 4.98 Å². The van der Waals surface area contributed by atoms with Crippen LogP contribution >= 0.6 is 0 Å². The molecule has 1 amide bonds. The zero-order chi connectivity index (χ0) is 19.8. The fourth-order valence-electron chi connectivity index (χ4n) is 2.58. The number of carbonyl (C=O) groups is 1. The van der Waals surface area contributed by atoms with Crippen molar-refractivity contribution in [1.29, 1.82) is 0 Å². The van der Waals surface area contributed by atoms with Crippen LogP contribution in [0.25, 0.3) is 0 Å². The average molecular weight is 376 g/mol. The van der Waals surface area contributed by atoms with Crippen LogP contribution in [0.4, 0.5) is 5.69 Å². The molecule has 0 bridgehead atoms. The molecule has 5 heteroatoms. The van der Waals surface area contributed by atoms with Gasteiger partial charge in [-0.3, -0.25) is 9.78 Å². The van der Waals surface area contributed by atoms with Crippen LogP contribution in [0.1, 0.15) is 30.9 Å². The smallest absolute Gasteiger partial charge is 0.262 e. The first kappa shape index (κ1) is 19.4. The Kier molecular flexibility index (Phi) is 6.63. The summed E-state index contributed by atoms with van der Waals surface area (Å²) in [5.41, 5.74) is 2.98. The number of nitrogens with one attached hydrogen (secondary N) is 1. The van der Waals surface area contributed by atoms with Crippen LogP contribution < -0.4 is 14.8 Å². The van der Waals surface area contributed by atoms with Gasteiger partial charge in [-0.2, -0.15) is 0 Å². The second-order valence-electron chi connectivity index (χ2n) is 6.73. The van der Waals surface area contributed by atoms with Crippen LogP contribution in [0.2, 0.25) is 0 Å². The third-order valence-electron chi connectivity index (χ3n) is 4.21. The number of rotatable bonds is 8. The lowest BCUT2D eigenvalue weighted by molar-refractivity contribution is -0.118. The minimum atomic E-state index is -0.210. The normalized spacial score (nSPS) is 10.5. The molecule has 5 nitrogen and oxygen atoms in total. The molecule has 28 heavy (non-hydrogen) atoms. The van der Waals surface area contributed by atoms with Gasteiger partial charge in [-0.25, -0.2) is 0 Å². The molecule has 3 rings (SSSR count). The van der Waals surface area contributed by atoms with E-state index in [1.54, 1.807) is 24.5 Å². The first-order valence-corrected chi connectivity index (χ1v) is 9.24. The maximum atomic E-state index is 12.1. The van der Waals surface area contributed by atoms with Crippen LogP contribution in [0, 0.1) is 0 Å². The van der Waals surface area contributed by atoms with Crippen molar-refractivity contribution in [2.45, 2.75) is 26.4 Å². The van der Waals surface area contributed by atoms with Crippen molar-refractivity contribution in [3.8, 4) is 11.5 Å². The fourth-order valence-corrected chi connectivity index (χ4v) is 2.58. The Balaban J connectivity index is 1.45. The molecule has 1 aromatic heterocycles. The van der Waals surface area contributed by atoms with Crippen LogP contribution in [0.15, 0.2) is 73.1 Å². The Morgan fingerprint density at radius 3 is 2.14 bits per heavy atom. The number of anilines is 1. The van der Waals surface area contributed by atoms with E-state index in [1.165, 1.54) is 5.56 Å². The molecule has 1 N–H and O–H groups in total. The van der Waals surface area contributed by atoms with Gasteiger partial charge in [-0.15, -0.1) is 0 Å². The molecular formula is C23H24N2O3. The largest absolute Gasteiger partial charge is 0.489 e. The summed E-state index contributed by atoms with van der Waals surface area (Å²) in [5.74, 6) is 1.67. The fraction of sp³-hybridized carbons (Fsp3) is 0.217. The van der Waals surface area contributed by atoms with E-state index in [1.807, 2.05) is 48.5 Å². The zero-order valence-electron chi connectivity index (χ0n) is 16.1. The molecule has 1 heterocycles. The number of amides is 1. The van der Waals surface area contributed by atoms with Gasteiger partial charge in [0.15, 0.2) is 6.61 Å². The number of aromatic nitrogens is 1. The first-order chi connectivity index (χ1) is 13.6. The summed E-state index contributed by atoms with van der Waals surface area (Å²) in [7, 11) is 0. The number of benzene rings is 2. The second kappa shape index (κ2) is 9.55. The summed E-state index contributed by atoms with van der Waals surface area (Å²) in [4.78, 5) is 16.1. The minimum Gasteiger partial charge on any atom is -0.489 e. The molecule has 144 valence electrons. The molecule has 3 aromatic rings. The lowest BCUT2D eigenvalue weighted by Gasteiger charge is -2.10. The van der Waals surface area contributed by atoms with E-state index in [4.69, 9.17) is 9.47 Å². The quantitative estimate of drug-likeness (QED) is 0.613. The van der Waals surface area contributed by atoms with Crippen molar-refractivity contribution in [2.24, 2.45) is 0 Å². The second-order valence-corrected chi connectivity index (χ2v) is 6.73. The Labute approximate surface area is 165 Å². The molecular weight excluding hydrogens is 352 g/mol. The molecule has 0 unspecified atom stereocenters. The molecule has 0 aliphatic carbocycles. The molecule has 0 spiro atoms. The van der Waals surface area contributed by atoms with E-state index in [-0.39, 0.29) is 12.5 Å². The SMILES string of the molecule is CC(C)c1ccc(OCC(=O)Nc2ccc(OCc3ccncc3)cc2)cc1. The van der Waals surface area contributed by atoms with E-state index in [2.05, 4.69) is 24.1 Å². The summed E-state index contributed by atoms with van der Waals surface area (Å²) in [6.45, 7) is 4.70. The van der Waals surface area contributed by atoms with Crippen molar-refractivity contribution in [3.63, 3.8) is 0 Å². The van der Waals surface area contributed by atoms with Gasteiger partial charge in [-0.05, 0) is 65.6 Å².